The van der Waals surface area contributed by atoms with Gasteiger partial charge in [-0.2, -0.15) is 9.78 Å². The van der Waals surface area contributed by atoms with Gasteiger partial charge in [-0.15, -0.1) is 0 Å². The predicted octanol–water partition coefficient (Wildman–Crippen LogP) is 4.06. The number of hydrogen-bond acceptors (Lipinski definition) is 6. The molecule has 2 aromatic heterocycles. The number of carbonyl (C=O) groups excluding carboxylic acids is 1. The molecule has 28 heavy (non-hydrogen) atoms. The molecule has 0 bridgehead atoms. The Morgan fingerprint density at radius 3 is 2.46 bits per heavy atom. The van der Waals surface area contributed by atoms with Crippen LogP contribution in [-0.2, 0) is 0 Å². The van der Waals surface area contributed by atoms with Gasteiger partial charge in [0.25, 0.3) is 5.91 Å². The molecular formula is C20H18N4O3S. The molecule has 7 nitrogen and oxygen atoms in total. The van der Waals surface area contributed by atoms with Crippen LogP contribution in [-0.4, -0.2) is 34.9 Å². The minimum absolute atomic E-state index is 0.230. The molecule has 0 spiro atoms. The van der Waals surface area contributed by atoms with Gasteiger partial charge >= 0.3 is 0 Å². The Balaban J connectivity index is 1.65. The van der Waals surface area contributed by atoms with Crippen molar-refractivity contribution in [1.82, 2.24) is 14.8 Å². The lowest BCUT2D eigenvalue weighted by Crippen LogP contribution is -2.15. The first-order chi connectivity index (χ1) is 13.6. The summed E-state index contributed by atoms with van der Waals surface area (Å²) in [5.41, 5.74) is 2.13. The van der Waals surface area contributed by atoms with Gasteiger partial charge in [0, 0.05) is 17.7 Å². The van der Waals surface area contributed by atoms with Crippen LogP contribution in [0.2, 0.25) is 0 Å². The molecule has 4 aromatic rings. The number of hydrogen-bond donors (Lipinski definition) is 1. The van der Waals surface area contributed by atoms with E-state index in [2.05, 4.69) is 15.4 Å². The van der Waals surface area contributed by atoms with E-state index < -0.39 is 0 Å². The number of ether oxygens (including phenoxy) is 2. The molecular weight excluding hydrogens is 376 g/mol. The van der Waals surface area contributed by atoms with E-state index in [1.807, 2.05) is 31.2 Å². The first-order valence-electron chi connectivity index (χ1n) is 8.54. The van der Waals surface area contributed by atoms with Crippen molar-refractivity contribution in [2.24, 2.45) is 0 Å². The Kier molecular flexibility index (Phi) is 4.70. The zero-order valence-corrected chi connectivity index (χ0v) is 16.4. The monoisotopic (exact) mass is 394 g/mol. The SMILES string of the molecule is COc1ccc(C(=O)Nc2cc(C)nn2-c2nc3cc(OC)ccc3s2)cc1. The Labute approximate surface area is 165 Å². The number of rotatable bonds is 5. The molecule has 8 heteroatoms. The van der Waals surface area contributed by atoms with Crippen LogP contribution in [0.3, 0.4) is 0 Å². The van der Waals surface area contributed by atoms with Gasteiger partial charge in [-0.1, -0.05) is 11.3 Å². The zero-order valence-electron chi connectivity index (χ0n) is 15.6. The Bertz CT molecular complexity index is 1150. The van der Waals surface area contributed by atoms with Crippen molar-refractivity contribution in [2.75, 3.05) is 19.5 Å². The van der Waals surface area contributed by atoms with Crippen molar-refractivity contribution in [3.63, 3.8) is 0 Å². The lowest BCUT2D eigenvalue weighted by Gasteiger charge is -2.07. The molecule has 0 aliphatic heterocycles. The smallest absolute Gasteiger partial charge is 0.256 e. The van der Waals surface area contributed by atoms with Gasteiger partial charge in [0.15, 0.2) is 0 Å². The minimum atomic E-state index is -0.230. The lowest BCUT2D eigenvalue weighted by molar-refractivity contribution is 0.102. The lowest BCUT2D eigenvalue weighted by atomic mass is 10.2. The van der Waals surface area contributed by atoms with Gasteiger partial charge in [-0.3, -0.25) is 4.79 Å². The Morgan fingerprint density at radius 2 is 1.75 bits per heavy atom. The fraction of sp³-hybridized carbons (Fsp3) is 0.150. The summed E-state index contributed by atoms with van der Waals surface area (Å²) in [7, 11) is 3.21. The number of benzene rings is 2. The van der Waals surface area contributed by atoms with Gasteiger partial charge in [0.1, 0.15) is 17.3 Å². The van der Waals surface area contributed by atoms with Crippen LogP contribution >= 0.6 is 11.3 Å². The third kappa shape index (κ3) is 3.41. The summed E-state index contributed by atoms with van der Waals surface area (Å²) in [6, 6.07) is 14.5. The van der Waals surface area contributed by atoms with Crippen molar-refractivity contribution in [3.05, 3.63) is 59.8 Å². The fourth-order valence-corrected chi connectivity index (χ4v) is 3.69. The standard InChI is InChI=1S/C20H18N4O3S/c1-12-10-18(22-19(25)13-4-6-14(26-2)7-5-13)24(23-12)20-21-16-11-15(27-3)8-9-17(16)28-20/h4-11H,1-3H3,(H,22,25). The topological polar surface area (TPSA) is 78.3 Å². The van der Waals surface area contributed by atoms with E-state index in [-0.39, 0.29) is 5.91 Å². The molecule has 0 fully saturated rings. The quantitative estimate of drug-likeness (QED) is 0.552. The van der Waals surface area contributed by atoms with E-state index in [0.717, 1.165) is 21.7 Å². The van der Waals surface area contributed by atoms with Gasteiger partial charge < -0.3 is 14.8 Å². The number of amides is 1. The summed E-state index contributed by atoms with van der Waals surface area (Å²) in [5.74, 6) is 1.77. The highest BCUT2D eigenvalue weighted by Gasteiger charge is 2.16. The molecule has 0 atom stereocenters. The Morgan fingerprint density at radius 1 is 1.04 bits per heavy atom. The molecule has 0 saturated carbocycles. The number of thiazole rings is 1. The molecule has 0 unspecified atom stereocenters. The second-order valence-electron chi connectivity index (χ2n) is 6.10. The summed E-state index contributed by atoms with van der Waals surface area (Å²) in [4.78, 5) is 17.3. The third-order valence-electron chi connectivity index (χ3n) is 4.19. The number of nitrogens with zero attached hydrogens (tertiary/aromatic N) is 3. The molecule has 2 aromatic carbocycles. The maximum atomic E-state index is 12.6. The number of carbonyl (C=O) groups is 1. The molecule has 0 radical (unpaired) electrons. The first-order valence-corrected chi connectivity index (χ1v) is 9.36. The second-order valence-corrected chi connectivity index (χ2v) is 7.10. The maximum Gasteiger partial charge on any atom is 0.256 e. The van der Waals surface area contributed by atoms with E-state index in [1.165, 1.54) is 11.3 Å². The van der Waals surface area contributed by atoms with Crippen molar-refractivity contribution < 1.29 is 14.3 Å². The fourth-order valence-electron chi connectivity index (χ4n) is 2.78. The minimum Gasteiger partial charge on any atom is -0.497 e. The van der Waals surface area contributed by atoms with Crippen LogP contribution < -0.4 is 14.8 Å². The van der Waals surface area contributed by atoms with E-state index in [4.69, 9.17) is 9.47 Å². The number of fused-ring (bicyclic) bond motifs is 1. The average molecular weight is 394 g/mol. The highest BCUT2D eigenvalue weighted by molar-refractivity contribution is 7.20. The van der Waals surface area contributed by atoms with Gasteiger partial charge in [0.05, 0.1) is 30.1 Å². The van der Waals surface area contributed by atoms with E-state index >= 15 is 0 Å². The molecule has 0 aliphatic rings. The van der Waals surface area contributed by atoms with Crippen LogP contribution in [0.5, 0.6) is 11.5 Å². The third-order valence-corrected chi connectivity index (χ3v) is 5.20. The largest absolute Gasteiger partial charge is 0.497 e. The van der Waals surface area contributed by atoms with Crippen molar-refractivity contribution >= 4 is 33.3 Å². The van der Waals surface area contributed by atoms with Gasteiger partial charge in [-0.05, 0) is 43.3 Å². The zero-order chi connectivity index (χ0) is 19.7. The molecule has 0 aliphatic carbocycles. The van der Waals surface area contributed by atoms with E-state index in [0.29, 0.717) is 22.3 Å². The van der Waals surface area contributed by atoms with E-state index in [9.17, 15) is 4.79 Å². The van der Waals surface area contributed by atoms with Crippen LogP contribution in [0.25, 0.3) is 15.3 Å². The van der Waals surface area contributed by atoms with Crippen LogP contribution in [0.1, 0.15) is 16.1 Å². The Hall–Kier alpha value is -3.39. The van der Waals surface area contributed by atoms with E-state index in [1.54, 1.807) is 43.2 Å². The summed E-state index contributed by atoms with van der Waals surface area (Å²) in [6.45, 7) is 1.87. The second kappa shape index (κ2) is 7.32. The number of aryl methyl sites for hydroxylation is 1. The number of methoxy groups -OCH3 is 2. The van der Waals surface area contributed by atoms with Crippen LogP contribution in [0.4, 0.5) is 5.82 Å². The van der Waals surface area contributed by atoms with Crippen molar-refractivity contribution in [2.45, 2.75) is 6.92 Å². The summed E-state index contributed by atoms with van der Waals surface area (Å²) >= 11 is 1.49. The van der Waals surface area contributed by atoms with Crippen LogP contribution in [0, 0.1) is 6.92 Å². The van der Waals surface area contributed by atoms with Gasteiger partial charge in [0.2, 0.25) is 5.13 Å². The molecule has 1 N–H and O–H groups in total. The van der Waals surface area contributed by atoms with Crippen molar-refractivity contribution in [3.8, 4) is 16.6 Å². The average Bonchev–Trinajstić information content (AvgIpc) is 3.30. The number of aromatic nitrogens is 3. The summed E-state index contributed by atoms with van der Waals surface area (Å²) < 4.78 is 13.0. The highest BCUT2D eigenvalue weighted by atomic mass is 32.1. The molecule has 4 rings (SSSR count). The van der Waals surface area contributed by atoms with Crippen LogP contribution in [0.15, 0.2) is 48.5 Å². The molecule has 0 saturated heterocycles. The van der Waals surface area contributed by atoms with Gasteiger partial charge in [-0.25, -0.2) is 4.98 Å². The predicted molar refractivity (Wildman–Crippen MR) is 109 cm³/mol. The van der Waals surface area contributed by atoms with Crippen molar-refractivity contribution in [1.29, 1.82) is 0 Å². The number of nitrogens with one attached hydrogen (secondary N) is 1. The maximum absolute atomic E-state index is 12.6. The number of anilines is 1. The normalized spacial score (nSPS) is 10.8. The molecule has 2 heterocycles. The molecule has 142 valence electrons. The molecule has 1 amide bonds. The first kappa shape index (κ1) is 18.0. The summed E-state index contributed by atoms with van der Waals surface area (Å²) in [6.07, 6.45) is 0. The summed E-state index contributed by atoms with van der Waals surface area (Å²) in [5, 5.41) is 8.07. The highest BCUT2D eigenvalue weighted by Crippen LogP contribution is 2.29.